The molecule has 0 fully saturated rings. The van der Waals surface area contributed by atoms with Gasteiger partial charge in [-0.1, -0.05) is 17.7 Å². The van der Waals surface area contributed by atoms with Gasteiger partial charge in [0, 0.05) is 11.3 Å². The Labute approximate surface area is 101 Å². The zero-order valence-corrected chi connectivity index (χ0v) is 10.3. The molecular formula is C15H16FN. The number of benzene rings is 2. The van der Waals surface area contributed by atoms with Crippen LogP contribution in [0, 0.1) is 26.6 Å². The van der Waals surface area contributed by atoms with Gasteiger partial charge in [0.2, 0.25) is 0 Å². The van der Waals surface area contributed by atoms with Gasteiger partial charge in [0.15, 0.2) is 0 Å². The Morgan fingerprint density at radius 2 is 1.53 bits per heavy atom. The molecule has 0 saturated heterocycles. The van der Waals surface area contributed by atoms with E-state index in [0.717, 1.165) is 16.7 Å². The summed E-state index contributed by atoms with van der Waals surface area (Å²) in [4.78, 5) is 0. The van der Waals surface area contributed by atoms with E-state index < -0.39 is 0 Å². The van der Waals surface area contributed by atoms with Gasteiger partial charge in [0.1, 0.15) is 5.82 Å². The van der Waals surface area contributed by atoms with Crippen LogP contribution < -0.4 is 5.73 Å². The molecule has 17 heavy (non-hydrogen) atoms. The van der Waals surface area contributed by atoms with Gasteiger partial charge in [-0.25, -0.2) is 4.39 Å². The Balaban J connectivity index is 2.72. The van der Waals surface area contributed by atoms with E-state index in [2.05, 4.69) is 12.1 Å². The maximum Gasteiger partial charge on any atom is 0.131 e. The van der Waals surface area contributed by atoms with E-state index >= 15 is 0 Å². The van der Waals surface area contributed by atoms with Gasteiger partial charge in [-0.2, -0.15) is 0 Å². The SMILES string of the molecule is Cc1cc(C)c(-c2cc(N)ccc2F)c(C)c1. The van der Waals surface area contributed by atoms with Gasteiger partial charge in [-0.05, 0) is 55.7 Å². The maximum atomic E-state index is 13.9. The lowest BCUT2D eigenvalue weighted by molar-refractivity contribution is 0.631. The molecule has 0 aromatic heterocycles. The number of aryl methyl sites for hydroxylation is 3. The molecule has 88 valence electrons. The molecule has 0 aliphatic rings. The van der Waals surface area contributed by atoms with Crippen molar-refractivity contribution >= 4 is 5.69 Å². The average Bonchev–Trinajstić information content (AvgIpc) is 2.21. The van der Waals surface area contributed by atoms with Gasteiger partial charge in [0.05, 0.1) is 0 Å². The van der Waals surface area contributed by atoms with Crippen LogP contribution in [0.3, 0.4) is 0 Å². The van der Waals surface area contributed by atoms with Crippen LogP contribution in [0.4, 0.5) is 10.1 Å². The second-order valence-corrected chi connectivity index (χ2v) is 4.51. The molecule has 2 rings (SSSR count). The van der Waals surface area contributed by atoms with Crippen LogP contribution in [-0.4, -0.2) is 0 Å². The van der Waals surface area contributed by atoms with E-state index in [-0.39, 0.29) is 5.82 Å². The first-order chi connectivity index (χ1) is 7.99. The minimum absolute atomic E-state index is 0.228. The van der Waals surface area contributed by atoms with E-state index in [0.29, 0.717) is 11.3 Å². The fraction of sp³-hybridized carbons (Fsp3) is 0.200. The van der Waals surface area contributed by atoms with Crippen LogP contribution in [0.2, 0.25) is 0 Å². The highest BCUT2D eigenvalue weighted by molar-refractivity contribution is 5.74. The summed E-state index contributed by atoms with van der Waals surface area (Å²) in [7, 11) is 0. The van der Waals surface area contributed by atoms with Crippen molar-refractivity contribution in [3.05, 3.63) is 52.8 Å². The molecule has 2 aromatic rings. The van der Waals surface area contributed by atoms with Crippen molar-refractivity contribution in [3.8, 4) is 11.1 Å². The highest BCUT2D eigenvalue weighted by atomic mass is 19.1. The smallest absolute Gasteiger partial charge is 0.131 e. The lowest BCUT2D eigenvalue weighted by atomic mass is 9.93. The first-order valence-electron chi connectivity index (χ1n) is 5.62. The second-order valence-electron chi connectivity index (χ2n) is 4.51. The van der Waals surface area contributed by atoms with Crippen LogP contribution in [0.1, 0.15) is 16.7 Å². The van der Waals surface area contributed by atoms with Gasteiger partial charge in [-0.3, -0.25) is 0 Å². The van der Waals surface area contributed by atoms with Crippen molar-refractivity contribution in [2.24, 2.45) is 0 Å². The summed E-state index contributed by atoms with van der Waals surface area (Å²) in [6, 6.07) is 8.82. The third-order valence-electron chi connectivity index (χ3n) is 2.94. The average molecular weight is 229 g/mol. The fourth-order valence-electron chi connectivity index (χ4n) is 2.34. The maximum absolute atomic E-state index is 13.9. The van der Waals surface area contributed by atoms with Crippen LogP contribution >= 0.6 is 0 Å². The second kappa shape index (κ2) is 4.21. The Bertz CT molecular complexity index is 550. The van der Waals surface area contributed by atoms with Crippen molar-refractivity contribution in [3.63, 3.8) is 0 Å². The molecule has 0 unspecified atom stereocenters. The summed E-state index contributed by atoms with van der Waals surface area (Å²) in [6.45, 7) is 6.04. The summed E-state index contributed by atoms with van der Waals surface area (Å²) >= 11 is 0. The van der Waals surface area contributed by atoms with Gasteiger partial charge in [0.25, 0.3) is 0 Å². The first-order valence-corrected chi connectivity index (χ1v) is 5.62. The molecule has 1 nitrogen and oxygen atoms in total. The summed E-state index contributed by atoms with van der Waals surface area (Å²) in [6.07, 6.45) is 0. The molecule has 0 heterocycles. The van der Waals surface area contributed by atoms with Crippen molar-refractivity contribution in [2.75, 3.05) is 5.73 Å². The third kappa shape index (κ3) is 2.16. The first kappa shape index (κ1) is 11.6. The molecule has 2 heteroatoms. The molecule has 0 atom stereocenters. The lowest BCUT2D eigenvalue weighted by Crippen LogP contribution is -1.95. The molecule has 2 N–H and O–H groups in total. The zero-order chi connectivity index (χ0) is 12.6. The highest BCUT2D eigenvalue weighted by Crippen LogP contribution is 2.31. The molecule has 0 spiro atoms. The third-order valence-corrected chi connectivity index (χ3v) is 2.94. The quantitative estimate of drug-likeness (QED) is 0.735. The van der Waals surface area contributed by atoms with Crippen LogP contribution in [-0.2, 0) is 0 Å². The molecule has 0 bridgehead atoms. The van der Waals surface area contributed by atoms with E-state index in [1.807, 2.05) is 20.8 Å². The standard InChI is InChI=1S/C15H16FN/c1-9-6-10(2)15(11(3)7-9)13-8-12(17)4-5-14(13)16/h4-8H,17H2,1-3H3. The number of anilines is 1. The van der Waals surface area contributed by atoms with E-state index in [9.17, 15) is 4.39 Å². The Kier molecular flexibility index (Phi) is 2.88. The number of nitrogens with two attached hydrogens (primary N) is 1. The fourth-order valence-corrected chi connectivity index (χ4v) is 2.34. The summed E-state index contributed by atoms with van der Waals surface area (Å²) in [5, 5.41) is 0. The summed E-state index contributed by atoms with van der Waals surface area (Å²) in [5.41, 5.74) is 11.2. The Hall–Kier alpha value is -1.83. The van der Waals surface area contributed by atoms with Crippen LogP contribution in [0.25, 0.3) is 11.1 Å². The largest absolute Gasteiger partial charge is 0.399 e. The van der Waals surface area contributed by atoms with Crippen LogP contribution in [0.5, 0.6) is 0 Å². The van der Waals surface area contributed by atoms with Crippen molar-refractivity contribution in [2.45, 2.75) is 20.8 Å². The normalized spacial score (nSPS) is 10.6. The molecule has 0 aliphatic heterocycles. The Morgan fingerprint density at radius 1 is 0.941 bits per heavy atom. The Morgan fingerprint density at radius 3 is 2.12 bits per heavy atom. The van der Waals surface area contributed by atoms with E-state index in [4.69, 9.17) is 5.73 Å². The van der Waals surface area contributed by atoms with Crippen molar-refractivity contribution < 1.29 is 4.39 Å². The number of hydrogen-bond donors (Lipinski definition) is 1. The topological polar surface area (TPSA) is 26.0 Å². The lowest BCUT2D eigenvalue weighted by Gasteiger charge is -2.13. The summed E-state index contributed by atoms with van der Waals surface area (Å²) < 4.78 is 13.9. The minimum atomic E-state index is -0.228. The number of hydrogen-bond acceptors (Lipinski definition) is 1. The minimum Gasteiger partial charge on any atom is -0.399 e. The summed E-state index contributed by atoms with van der Waals surface area (Å²) in [5.74, 6) is -0.228. The molecular weight excluding hydrogens is 213 g/mol. The zero-order valence-electron chi connectivity index (χ0n) is 10.3. The highest BCUT2D eigenvalue weighted by Gasteiger charge is 2.11. The molecule has 0 aliphatic carbocycles. The van der Waals surface area contributed by atoms with Gasteiger partial charge in [-0.15, -0.1) is 0 Å². The van der Waals surface area contributed by atoms with Gasteiger partial charge < -0.3 is 5.73 Å². The van der Waals surface area contributed by atoms with Gasteiger partial charge >= 0.3 is 0 Å². The number of nitrogen functional groups attached to an aromatic ring is 1. The molecule has 0 radical (unpaired) electrons. The van der Waals surface area contributed by atoms with E-state index in [1.54, 1.807) is 12.1 Å². The number of rotatable bonds is 1. The molecule has 0 saturated carbocycles. The monoisotopic (exact) mass is 229 g/mol. The molecule has 2 aromatic carbocycles. The predicted molar refractivity (Wildman–Crippen MR) is 70.5 cm³/mol. The van der Waals surface area contributed by atoms with Crippen LogP contribution in [0.15, 0.2) is 30.3 Å². The van der Waals surface area contributed by atoms with Crippen molar-refractivity contribution in [1.29, 1.82) is 0 Å². The number of halogens is 1. The molecule has 0 amide bonds. The predicted octanol–water partition coefficient (Wildman–Crippen LogP) is 4.00. The van der Waals surface area contributed by atoms with E-state index in [1.165, 1.54) is 11.6 Å². The van der Waals surface area contributed by atoms with Crippen molar-refractivity contribution in [1.82, 2.24) is 0 Å².